The average Bonchev–Trinajstić information content (AvgIpc) is 2.17. The van der Waals surface area contributed by atoms with E-state index in [4.69, 9.17) is 9.29 Å². The van der Waals surface area contributed by atoms with Crippen molar-refractivity contribution in [1.29, 1.82) is 0 Å². The molecule has 0 aliphatic heterocycles. The Kier molecular flexibility index (Phi) is 4.23. The van der Waals surface area contributed by atoms with E-state index in [1.165, 1.54) is 0 Å². The normalized spacial score (nSPS) is 13.4. The van der Waals surface area contributed by atoms with Crippen LogP contribution < -0.4 is 0 Å². The van der Waals surface area contributed by atoms with Crippen LogP contribution in [0, 0.1) is 0 Å². The maximum Gasteiger partial charge on any atom is 0.296 e. The third kappa shape index (κ3) is 3.77. The lowest BCUT2D eigenvalue weighted by molar-refractivity contribution is 0.119. The predicted octanol–water partition coefficient (Wildman–Crippen LogP) is 2.17. The van der Waals surface area contributed by atoms with Crippen molar-refractivity contribution in [2.75, 3.05) is 6.61 Å². The van der Waals surface area contributed by atoms with Crippen LogP contribution in [0.2, 0.25) is 0 Å². The van der Waals surface area contributed by atoms with Crippen LogP contribution in [0.15, 0.2) is 42.5 Å². The van der Waals surface area contributed by atoms with Crippen molar-refractivity contribution in [2.45, 2.75) is 12.4 Å². The van der Waals surface area contributed by atoms with Crippen LogP contribution in [0.4, 0.5) is 0 Å². The molecule has 1 aromatic rings. The summed E-state index contributed by atoms with van der Waals surface area (Å²) in [4.78, 5) is 0. The van der Waals surface area contributed by atoms with Crippen LogP contribution in [0.25, 0.3) is 0 Å². The lowest BCUT2D eigenvalue weighted by atomic mass is 10.2. The Morgan fingerprint density at radius 2 is 2.00 bits per heavy atom. The van der Waals surface area contributed by atoms with Crippen molar-refractivity contribution in [1.82, 2.24) is 0 Å². The molecular weight excluding hydrogens is 228 g/mol. The fraction of sp³-hybridized carbons (Fsp3) is 0.273. The minimum atomic E-state index is -4.28. The molecule has 0 fully saturated rings. The zero-order valence-corrected chi connectivity index (χ0v) is 9.78. The van der Waals surface area contributed by atoms with Gasteiger partial charge >= 0.3 is 0 Å². The molecule has 0 spiro atoms. The third-order valence-corrected chi connectivity index (χ3v) is 2.77. The van der Waals surface area contributed by atoms with E-state index < -0.39 is 15.6 Å². The van der Waals surface area contributed by atoms with Gasteiger partial charge in [0.05, 0.1) is 6.61 Å². The molecule has 0 saturated carbocycles. The molecule has 0 amide bonds. The summed E-state index contributed by atoms with van der Waals surface area (Å²) in [5.74, 6) is 0. The van der Waals surface area contributed by atoms with Crippen molar-refractivity contribution < 1.29 is 17.7 Å². The monoisotopic (exact) mass is 242 g/mol. The summed E-state index contributed by atoms with van der Waals surface area (Å²) in [6, 6.07) is 8.27. The Morgan fingerprint density at radius 1 is 1.44 bits per heavy atom. The number of hydrogen-bond donors (Lipinski definition) is 1. The molecule has 88 valence electrons. The van der Waals surface area contributed by atoms with Crippen LogP contribution in [-0.4, -0.2) is 19.6 Å². The Labute approximate surface area is 95.3 Å². The van der Waals surface area contributed by atoms with Gasteiger partial charge in [-0.2, -0.15) is 8.42 Å². The molecule has 1 rings (SSSR count). The fourth-order valence-electron chi connectivity index (χ4n) is 1.18. The zero-order valence-electron chi connectivity index (χ0n) is 8.96. The largest absolute Gasteiger partial charge is 0.351 e. The molecule has 0 aromatic heterocycles. The van der Waals surface area contributed by atoms with Crippen molar-refractivity contribution >= 4 is 10.1 Å². The van der Waals surface area contributed by atoms with Crippen LogP contribution >= 0.6 is 0 Å². The number of benzene rings is 1. The molecule has 0 heterocycles. The first kappa shape index (κ1) is 12.9. The Hall–Kier alpha value is -1.17. The third-order valence-electron chi connectivity index (χ3n) is 1.82. The second-order valence-corrected chi connectivity index (χ2v) is 4.98. The fourth-order valence-corrected chi connectivity index (χ4v) is 1.92. The Morgan fingerprint density at radius 3 is 2.44 bits per heavy atom. The maximum absolute atomic E-state index is 11.1. The molecule has 5 heteroatoms. The van der Waals surface area contributed by atoms with Gasteiger partial charge in [-0.25, -0.2) is 0 Å². The van der Waals surface area contributed by atoms with E-state index in [1.54, 1.807) is 37.3 Å². The molecule has 0 saturated heterocycles. The summed E-state index contributed by atoms with van der Waals surface area (Å²) in [6.07, 6.45) is 0. The van der Waals surface area contributed by atoms with E-state index in [-0.39, 0.29) is 6.61 Å². The molecular formula is C11H14O4S. The first-order valence-electron chi connectivity index (χ1n) is 4.68. The van der Waals surface area contributed by atoms with Crippen LogP contribution in [0.5, 0.6) is 0 Å². The Bertz CT molecular complexity index is 450. The van der Waals surface area contributed by atoms with E-state index in [0.29, 0.717) is 11.1 Å². The number of hydrogen-bond acceptors (Lipinski definition) is 3. The van der Waals surface area contributed by atoms with E-state index in [9.17, 15) is 8.42 Å². The van der Waals surface area contributed by atoms with Crippen LogP contribution in [-0.2, 0) is 14.9 Å². The van der Waals surface area contributed by atoms with Crippen molar-refractivity contribution in [3.05, 3.63) is 48.0 Å². The van der Waals surface area contributed by atoms with Crippen LogP contribution in [0.1, 0.15) is 17.9 Å². The van der Waals surface area contributed by atoms with E-state index >= 15 is 0 Å². The number of rotatable bonds is 5. The zero-order chi connectivity index (χ0) is 12.2. The summed E-state index contributed by atoms with van der Waals surface area (Å²) in [7, 11) is -4.28. The van der Waals surface area contributed by atoms with E-state index in [0.717, 1.165) is 0 Å². The molecule has 0 bridgehead atoms. The van der Waals surface area contributed by atoms with E-state index in [2.05, 4.69) is 6.58 Å². The van der Waals surface area contributed by atoms with E-state index in [1.807, 2.05) is 0 Å². The molecule has 4 nitrogen and oxygen atoms in total. The highest BCUT2D eigenvalue weighted by molar-refractivity contribution is 7.85. The molecule has 16 heavy (non-hydrogen) atoms. The van der Waals surface area contributed by atoms with Gasteiger partial charge in [0.2, 0.25) is 5.44 Å². The predicted molar refractivity (Wildman–Crippen MR) is 61.5 cm³/mol. The van der Waals surface area contributed by atoms with Crippen LogP contribution in [0.3, 0.4) is 0 Å². The second-order valence-electron chi connectivity index (χ2n) is 3.53. The van der Waals surface area contributed by atoms with Crippen molar-refractivity contribution in [2.24, 2.45) is 0 Å². The second kappa shape index (κ2) is 5.25. The molecule has 0 radical (unpaired) electrons. The highest BCUT2D eigenvalue weighted by Crippen LogP contribution is 2.23. The number of ether oxygens (including phenoxy) is 1. The van der Waals surface area contributed by atoms with Gasteiger partial charge in [-0.05, 0) is 12.5 Å². The van der Waals surface area contributed by atoms with Gasteiger partial charge in [-0.15, -0.1) is 0 Å². The molecule has 1 aromatic carbocycles. The van der Waals surface area contributed by atoms with Gasteiger partial charge in [0.1, 0.15) is 0 Å². The first-order valence-corrected chi connectivity index (χ1v) is 6.19. The summed E-state index contributed by atoms with van der Waals surface area (Å²) >= 11 is 0. The topological polar surface area (TPSA) is 63.6 Å². The Balaban J connectivity index is 2.94. The van der Waals surface area contributed by atoms with Crippen molar-refractivity contribution in [3.63, 3.8) is 0 Å². The lowest BCUT2D eigenvalue weighted by Gasteiger charge is -2.15. The first-order chi connectivity index (χ1) is 7.41. The van der Waals surface area contributed by atoms with Gasteiger partial charge in [0.15, 0.2) is 0 Å². The van der Waals surface area contributed by atoms with Gasteiger partial charge < -0.3 is 4.74 Å². The van der Waals surface area contributed by atoms with Crippen molar-refractivity contribution in [3.8, 4) is 0 Å². The summed E-state index contributed by atoms with van der Waals surface area (Å²) in [6.45, 7) is 5.40. The smallest absolute Gasteiger partial charge is 0.296 e. The summed E-state index contributed by atoms with van der Waals surface area (Å²) < 4.78 is 36.5. The van der Waals surface area contributed by atoms with Gasteiger partial charge in [0.25, 0.3) is 10.1 Å². The molecule has 1 atom stereocenters. The highest BCUT2D eigenvalue weighted by atomic mass is 32.2. The summed E-state index contributed by atoms with van der Waals surface area (Å²) in [5, 5.41) is 0. The minimum absolute atomic E-state index is 0.0827. The standard InChI is InChI=1S/C11H14O4S/c1-9(2)8-15-11(16(12,13)14)10-6-4-3-5-7-10/h3-7,11H,1,8H2,2H3,(H,12,13,14). The molecule has 1 unspecified atom stereocenters. The highest BCUT2D eigenvalue weighted by Gasteiger charge is 2.25. The molecule has 1 N–H and O–H groups in total. The van der Waals surface area contributed by atoms with Gasteiger partial charge in [-0.1, -0.05) is 42.5 Å². The lowest BCUT2D eigenvalue weighted by Crippen LogP contribution is -2.16. The molecule has 0 aliphatic rings. The summed E-state index contributed by atoms with van der Waals surface area (Å²) in [5.41, 5.74) is -0.277. The quantitative estimate of drug-likeness (QED) is 0.635. The SMILES string of the molecule is C=C(C)COC(c1ccccc1)S(=O)(=O)O. The average molecular weight is 242 g/mol. The van der Waals surface area contributed by atoms with Gasteiger partial charge in [-0.3, -0.25) is 4.55 Å². The maximum atomic E-state index is 11.1. The van der Waals surface area contributed by atoms with Gasteiger partial charge in [0, 0.05) is 0 Å². The molecule has 0 aliphatic carbocycles. The minimum Gasteiger partial charge on any atom is -0.351 e.